The van der Waals surface area contributed by atoms with Gasteiger partial charge in [0.15, 0.2) is 0 Å². The molecule has 2 aromatic heterocycles. The normalized spacial score (nSPS) is 13.7. The molecule has 0 atom stereocenters. The molecule has 134 valence electrons. The minimum absolute atomic E-state index is 0.295. The zero-order valence-corrected chi connectivity index (χ0v) is 14.1. The Morgan fingerprint density at radius 2 is 1.96 bits per heavy atom. The number of halogens is 3. The third kappa shape index (κ3) is 2.96. The van der Waals surface area contributed by atoms with Gasteiger partial charge in [-0.2, -0.15) is 17.9 Å². The van der Waals surface area contributed by atoms with Crippen LogP contribution in [0.15, 0.2) is 30.6 Å². The van der Waals surface area contributed by atoms with E-state index in [2.05, 4.69) is 20.8 Å². The number of rotatable bonds is 3. The second kappa shape index (κ2) is 6.20. The lowest BCUT2D eigenvalue weighted by Crippen LogP contribution is -2.16. The third-order valence-corrected chi connectivity index (χ3v) is 5.44. The largest absolute Gasteiger partial charge is 0.416 e. The number of anilines is 1. The molecular weight excluding hydrogens is 367 g/mol. The number of hydrogen-bond donors (Lipinski definition) is 1. The fourth-order valence-corrected chi connectivity index (χ4v) is 4.28. The molecule has 0 radical (unpaired) electrons. The topological polar surface area (TPSA) is 72.7 Å². The Morgan fingerprint density at radius 3 is 2.62 bits per heavy atom. The number of aromatic nitrogens is 4. The van der Waals surface area contributed by atoms with Crippen LogP contribution in [-0.4, -0.2) is 26.1 Å². The minimum atomic E-state index is -4.41. The number of fused-ring (bicyclic) bond motifs is 1. The highest BCUT2D eigenvalue weighted by atomic mass is 32.1. The van der Waals surface area contributed by atoms with Crippen LogP contribution in [0.2, 0.25) is 0 Å². The summed E-state index contributed by atoms with van der Waals surface area (Å²) in [5.74, 6) is -0.380. The Bertz CT molecular complexity index is 948. The Hall–Kier alpha value is -2.75. The molecule has 0 fully saturated rings. The molecule has 6 nitrogen and oxygen atoms in total. The highest BCUT2D eigenvalue weighted by molar-refractivity contribution is 7.15. The molecule has 1 aromatic carbocycles. The molecule has 0 saturated carbocycles. The predicted molar refractivity (Wildman–Crippen MR) is 88.5 cm³/mol. The zero-order valence-electron chi connectivity index (χ0n) is 13.2. The van der Waals surface area contributed by atoms with Crippen molar-refractivity contribution in [2.75, 3.05) is 5.32 Å². The lowest BCUT2D eigenvalue weighted by molar-refractivity contribution is -0.137. The fourth-order valence-electron chi connectivity index (χ4n) is 2.98. The van der Waals surface area contributed by atoms with Gasteiger partial charge in [-0.1, -0.05) is 0 Å². The number of carbonyl (C=O) groups is 1. The Kier molecular flexibility index (Phi) is 3.98. The van der Waals surface area contributed by atoms with Crippen molar-refractivity contribution in [3.05, 3.63) is 52.2 Å². The summed E-state index contributed by atoms with van der Waals surface area (Å²) in [6.07, 6.45) is -0.357. The van der Waals surface area contributed by atoms with E-state index in [1.54, 1.807) is 0 Å². The van der Waals surface area contributed by atoms with Crippen molar-refractivity contribution in [1.82, 2.24) is 20.2 Å². The van der Waals surface area contributed by atoms with Crippen molar-refractivity contribution in [2.24, 2.45) is 0 Å². The highest BCUT2D eigenvalue weighted by Gasteiger charge is 2.31. The first kappa shape index (κ1) is 16.7. The number of aryl methyl sites for hydroxylation is 1. The van der Waals surface area contributed by atoms with Crippen LogP contribution in [0.4, 0.5) is 18.9 Å². The van der Waals surface area contributed by atoms with Gasteiger partial charge in [0.1, 0.15) is 11.3 Å². The van der Waals surface area contributed by atoms with Crippen LogP contribution >= 0.6 is 11.3 Å². The number of nitrogens with zero attached hydrogens (tertiary/aromatic N) is 4. The quantitative estimate of drug-likeness (QED) is 0.756. The van der Waals surface area contributed by atoms with E-state index in [1.807, 2.05) is 0 Å². The van der Waals surface area contributed by atoms with Crippen LogP contribution in [0.25, 0.3) is 5.00 Å². The highest BCUT2D eigenvalue weighted by Crippen LogP contribution is 2.38. The summed E-state index contributed by atoms with van der Waals surface area (Å²) in [4.78, 5) is 13.9. The fraction of sp³-hybridized carbons (Fsp3) is 0.250. The van der Waals surface area contributed by atoms with E-state index in [9.17, 15) is 18.0 Å². The molecule has 0 spiro atoms. The number of thiophene rings is 1. The Balaban J connectivity index is 1.65. The lowest BCUT2D eigenvalue weighted by atomic mass is 10.1. The SMILES string of the molecule is O=C(Nc1ccc(C(F)(F)F)cc1)c1c(-n2cnnn2)sc2c1CCC2. The average Bonchev–Trinajstić information content (AvgIpc) is 3.30. The maximum Gasteiger partial charge on any atom is 0.416 e. The first-order valence-corrected chi connectivity index (χ1v) is 8.61. The lowest BCUT2D eigenvalue weighted by Gasteiger charge is -2.10. The molecule has 1 amide bonds. The van der Waals surface area contributed by atoms with E-state index in [0.29, 0.717) is 16.3 Å². The minimum Gasteiger partial charge on any atom is -0.322 e. The molecule has 3 aromatic rings. The summed E-state index contributed by atoms with van der Waals surface area (Å²) in [6.45, 7) is 0. The van der Waals surface area contributed by atoms with Crippen molar-refractivity contribution in [2.45, 2.75) is 25.4 Å². The van der Waals surface area contributed by atoms with Gasteiger partial charge in [0.2, 0.25) is 0 Å². The van der Waals surface area contributed by atoms with Crippen LogP contribution in [0, 0.1) is 0 Å². The van der Waals surface area contributed by atoms with E-state index >= 15 is 0 Å². The number of benzene rings is 1. The Morgan fingerprint density at radius 1 is 1.19 bits per heavy atom. The van der Waals surface area contributed by atoms with Crippen LogP contribution in [0.5, 0.6) is 0 Å². The van der Waals surface area contributed by atoms with Crippen LogP contribution in [0.3, 0.4) is 0 Å². The van der Waals surface area contributed by atoms with E-state index in [0.717, 1.165) is 41.8 Å². The monoisotopic (exact) mass is 379 g/mol. The molecule has 0 aliphatic heterocycles. The molecule has 0 unspecified atom stereocenters. The number of amides is 1. The number of hydrogen-bond acceptors (Lipinski definition) is 5. The van der Waals surface area contributed by atoms with E-state index in [-0.39, 0.29) is 5.91 Å². The summed E-state index contributed by atoms with van der Waals surface area (Å²) in [6, 6.07) is 4.36. The predicted octanol–water partition coefficient (Wildman–Crippen LogP) is 3.48. The number of tetrazole rings is 1. The van der Waals surface area contributed by atoms with Crippen LogP contribution in [0.1, 0.15) is 32.8 Å². The van der Waals surface area contributed by atoms with Crippen molar-refractivity contribution in [3.8, 4) is 5.00 Å². The van der Waals surface area contributed by atoms with Crippen LogP contribution < -0.4 is 5.32 Å². The van der Waals surface area contributed by atoms with Crippen LogP contribution in [-0.2, 0) is 19.0 Å². The maximum atomic E-state index is 12.8. The van der Waals surface area contributed by atoms with Gasteiger partial charge in [0.25, 0.3) is 5.91 Å². The van der Waals surface area contributed by atoms with Gasteiger partial charge in [-0.3, -0.25) is 4.79 Å². The standard InChI is InChI=1S/C16H12F3N5OS/c17-16(18,19)9-4-6-10(7-5-9)21-14(25)13-11-2-1-3-12(11)26-15(13)24-8-20-22-23-24/h4-8H,1-3H2,(H,21,25). The summed E-state index contributed by atoms with van der Waals surface area (Å²) >= 11 is 1.46. The first-order valence-electron chi connectivity index (χ1n) is 7.80. The smallest absolute Gasteiger partial charge is 0.322 e. The maximum absolute atomic E-state index is 12.8. The van der Waals surface area contributed by atoms with Gasteiger partial charge in [-0.15, -0.1) is 16.4 Å². The number of carbonyl (C=O) groups excluding carboxylic acids is 1. The average molecular weight is 379 g/mol. The van der Waals surface area contributed by atoms with Gasteiger partial charge >= 0.3 is 6.18 Å². The molecule has 4 rings (SSSR count). The molecule has 10 heteroatoms. The summed E-state index contributed by atoms with van der Waals surface area (Å²) < 4.78 is 39.4. The zero-order chi connectivity index (χ0) is 18.3. The van der Waals surface area contributed by atoms with Gasteiger partial charge in [0, 0.05) is 10.6 Å². The third-order valence-electron chi connectivity index (χ3n) is 4.16. The van der Waals surface area contributed by atoms with Gasteiger partial charge < -0.3 is 5.32 Å². The Labute approximate surface area is 149 Å². The van der Waals surface area contributed by atoms with Crippen molar-refractivity contribution < 1.29 is 18.0 Å². The van der Waals surface area contributed by atoms with E-state index in [4.69, 9.17) is 0 Å². The summed E-state index contributed by atoms with van der Waals surface area (Å²) in [7, 11) is 0. The number of alkyl halides is 3. The molecule has 26 heavy (non-hydrogen) atoms. The molecule has 0 bridgehead atoms. The molecule has 1 aliphatic carbocycles. The van der Waals surface area contributed by atoms with Gasteiger partial charge in [-0.05, 0) is 59.5 Å². The molecular formula is C16H12F3N5OS. The van der Waals surface area contributed by atoms with Crippen molar-refractivity contribution >= 4 is 22.9 Å². The van der Waals surface area contributed by atoms with Crippen molar-refractivity contribution in [3.63, 3.8) is 0 Å². The van der Waals surface area contributed by atoms with Gasteiger partial charge in [-0.25, -0.2) is 0 Å². The van der Waals surface area contributed by atoms with Gasteiger partial charge in [0.05, 0.1) is 11.1 Å². The van der Waals surface area contributed by atoms with E-state index < -0.39 is 11.7 Å². The van der Waals surface area contributed by atoms with E-state index in [1.165, 1.54) is 34.5 Å². The first-order chi connectivity index (χ1) is 12.4. The number of nitrogens with one attached hydrogen (secondary N) is 1. The molecule has 1 N–H and O–H groups in total. The summed E-state index contributed by atoms with van der Waals surface area (Å²) in [5.41, 5.74) is 0.976. The summed E-state index contributed by atoms with van der Waals surface area (Å²) in [5, 5.41) is 14.3. The second-order valence-electron chi connectivity index (χ2n) is 5.82. The second-order valence-corrected chi connectivity index (χ2v) is 6.90. The molecule has 1 aliphatic rings. The molecule has 0 saturated heterocycles. The molecule has 2 heterocycles. The van der Waals surface area contributed by atoms with Crippen molar-refractivity contribution in [1.29, 1.82) is 0 Å².